The molecule has 0 aromatic rings. The van der Waals surface area contributed by atoms with Crippen LogP contribution < -0.4 is 17.2 Å². The molecule has 0 amide bonds. The first kappa shape index (κ1) is 11.7. The topological polar surface area (TPSA) is 90.4 Å². The van der Waals surface area contributed by atoms with Crippen LogP contribution >= 0.6 is 11.8 Å². The van der Waals surface area contributed by atoms with Crippen molar-refractivity contribution >= 4 is 17.7 Å². The van der Waals surface area contributed by atoms with E-state index in [1.807, 2.05) is 5.59 Å². The summed E-state index contributed by atoms with van der Waals surface area (Å²) in [6.07, 6.45) is 1.36. The molecule has 5 N–H and O–H groups in total. The zero-order valence-electron chi connectivity index (χ0n) is 6.91. The molecule has 0 spiro atoms. The molecule has 0 fully saturated rings. The minimum Gasteiger partial charge on any atom is -0.356 e. The predicted molar refractivity (Wildman–Crippen MR) is 49.0 cm³/mol. The van der Waals surface area contributed by atoms with E-state index < -0.39 is 0 Å². The lowest BCUT2D eigenvalue weighted by Gasteiger charge is -2.00. The molecule has 0 saturated carbocycles. The van der Waals surface area contributed by atoms with Crippen LogP contribution in [-0.2, 0) is 9.63 Å². The van der Waals surface area contributed by atoms with E-state index in [2.05, 4.69) is 4.84 Å². The molecule has 0 radical (unpaired) electrons. The van der Waals surface area contributed by atoms with Gasteiger partial charge >= 0.3 is 5.97 Å². The van der Waals surface area contributed by atoms with Crippen molar-refractivity contribution in [2.75, 3.05) is 18.1 Å². The van der Waals surface area contributed by atoms with E-state index in [4.69, 9.17) is 11.6 Å². The predicted octanol–water partition coefficient (Wildman–Crippen LogP) is -0.620. The van der Waals surface area contributed by atoms with E-state index in [0.29, 0.717) is 13.0 Å². The van der Waals surface area contributed by atoms with E-state index in [0.717, 1.165) is 17.9 Å². The quantitative estimate of drug-likeness (QED) is 0.283. The number of carbonyl (C=O) groups is 1. The van der Waals surface area contributed by atoms with Crippen molar-refractivity contribution in [3.05, 3.63) is 0 Å². The van der Waals surface area contributed by atoms with Crippen LogP contribution in [0.15, 0.2) is 0 Å². The van der Waals surface area contributed by atoms with Gasteiger partial charge in [-0.3, -0.25) is 4.79 Å². The van der Waals surface area contributed by atoms with E-state index >= 15 is 0 Å². The lowest BCUT2D eigenvalue weighted by molar-refractivity contribution is -0.150. The second-order valence-corrected chi connectivity index (χ2v) is 3.32. The number of hydrogen-bond donors (Lipinski definition) is 3. The summed E-state index contributed by atoms with van der Waals surface area (Å²) in [5, 5.41) is 0. The molecule has 5 nitrogen and oxygen atoms in total. The van der Waals surface area contributed by atoms with E-state index in [1.54, 1.807) is 11.8 Å². The van der Waals surface area contributed by atoms with Crippen molar-refractivity contribution in [1.29, 1.82) is 0 Å². The normalized spacial score (nSPS) is 9.83. The van der Waals surface area contributed by atoms with E-state index in [-0.39, 0.29) is 5.97 Å². The molecule has 6 heteroatoms. The van der Waals surface area contributed by atoms with Gasteiger partial charge in [-0.2, -0.15) is 11.8 Å². The maximum Gasteiger partial charge on any atom is 0.327 e. The molecule has 12 heavy (non-hydrogen) atoms. The zero-order valence-corrected chi connectivity index (χ0v) is 7.73. The van der Waals surface area contributed by atoms with Crippen molar-refractivity contribution in [2.24, 2.45) is 11.6 Å². The average molecular weight is 193 g/mol. The van der Waals surface area contributed by atoms with Crippen LogP contribution in [-0.4, -0.2) is 24.0 Å². The third kappa shape index (κ3) is 7.80. The molecular weight excluding hydrogens is 178 g/mol. The lowest BCUT2D eigenvalue weighted by Crippen LogP contribution is -2.26. The zero-order chi connectivity index (χ0) is 9.23. The summed E-state index contributed by atoms with van der Waals surface area (Å²) >= 11 is 1.68. The number of hydrazine groups is 1. The van der Waals surface area contributed by atoms with Crippen molar-refractivity contribution < 1.29 is 9.63 Å². The number of rotatable bonds is 7. The third-order valence-electron chi connectivity index (χ3n) is 1.12. The Bertz CT molecular complexity index is 123. The highest BCUT2D eigenvalue weighted by molar-refractivity contribution is 7.99. The van der Waals surface area contributed by atoms with Crippen LogP contribution in [0.3, 0.4) is 0 Å². The van der Waals surface area contributed by atoms with Crippen molar-refractivity contribution in [1.82, 2.24) is 5.59 Å². The van der Waals surface area contributed by atoms with Crippen LogP contribution in [0.2, 0.25) is 0 Å². The number of thioether (sulfide) groups is 1. The SMILES string of the molecule is NCCCSCCC(=O)ONN. The van der Waals surface area contributed by atoms with Gasteiger partial charge in [0.1, 0.15) is 0 Å². The van der Waals surface area contributed by atoms with Gasteiger partial charge in [0.25, 0.3) is 0 Å². The largest absolute Gasteiger partial charge is 0.356 e. The molecule has 72 valence electrons. The molecule has 0 bridgehead atoms. The van der Waals surface area contributed by atoms with Crippen LogP contribution in [0.1, 0.15) is 12.8 Å². The Morgan fingerprint density at radius 3 is 2.83 bits per heavy atom. The molecule has 0 rings (SSSR count). The van der Waals surface area contributed by atoms with Gasteiger partial charge in [0, 0.05) is 5.75 Å². The second-order valence-electron chi connectivity index (χ2n) is 2.10. The highest BCUT2D eigenvalue weighted by Crippen LogP contribution is 2.03. The minimum absolute atomic E-state index is 0.335. The summed E-state index contributed by atoms with van der Waals surface area (Å²) in [4.78, 5) is 15.0. The average Bonchev–Trinajstić information content (AvgIpc) is 2.05. The Morgan fingerprint density at radius 1 is 1.50 bits per heavy atom. The summed E-state index contributed by atoms with van der Waals surface area (Å²) in [6.45, 7) is 0.696. The Morgan fingerprint density at radius 2 is 2.25 bits per heavy atom. The summed E-state index contributed by atoms with van der Waals surface area (Å²) in [5.41, 5.74) is 7.13. The van der Waals surface area contributed by atoms with Gasteiger partial charge in [0.15, 0.2) is 0 Å². The lowest BCUT2D eigenvalue weighted by atomic mass is 10.5. The number of nitrogens with one attached hydrogen (secondary N) is 1. The summed E-state index contributed by atoms with van der Waals surface area (Å²) in [7, 11) is 0. The number of nitrogens with two attached hydrogens (primary N) is 2. The van der Waals surface area contributed by atoms with Gasteiger partial charge in [-0.1, -0.05) is 5.59 Å². The number of carbonyl (C=O) groups excluding carboxylic acids is 1. The van der Waals surface area contributed by atoms with Gasteiger partial charge < -0.3 is 10.6 Å². The van der Waals surface area contributed by atoms with Crippen molar-refractivity contribution in [2.45, 2.75) is 12.8 Å². The van der Waals surface area contributed by atoms with Crippen LogP contribution in [0.4, 0.5) is 0 Å². The molecule has 0 aliphatic heterocycles. The fraction of sp³-hybridized carbons (Fsp3) is 0.833. The van der Waals surface area contributed by atoms with E-state index in [9.17, 15) is 4.79 Å². The van der Waals surface area contributed by atoms with Gasteiger partial charge in [0.05, 0.1) is 6.42 Å². The number of hydrogen-bond acceptors (Lipinski definition) is 6. The Hall–Kier alpha value is -0.300. The molecule has 0 heterocycles. The summed E-state index contributed by atoms with van der Waals surface area (Å²) in [5.74, 6) is 6.17. The second kappa shape index (κ2) is 8.79. The van der Waals surface area contributed by atoms with Gasteiger partial charge in [-0.25, -0.2) is 5.84 Å². The highest BCUT2D eigenvalue weighted by atomic mass is 32.2. The van der Waals surface area contributed by atoms with Crippen LogP contribution in [0, 0.1) is 0 Å². The molecule has 0 unspecified atom stereocenters. The first-order chi connectivity index (χ1) is 5.81. The van der Waals surface area contributed by atoms with Crippen LogP contribution in [0.25, 0.3) is 0 Å². The smallest absolute Gasteiger partial charge is 0.327 e. The molecule has 0 aliphatic carbocycles. The summed E-state index contributed by atoms with van der Waals surface area (Å²) in [6, 6.07) is 0. The maximum atomic E-state index is 10.7. The maximum absolute atomic E-state index is 10.7. The molecule has 0 saturated heterocycles. The van der Waals surface area contributed by atoms with Crippen molar-refractivity contribution in [3.8, 4) is 0 Å². The fourth-order valence-electron chi connectivity index (χ4n) is 0.560. The molecule has 0 aliphatic rings. The van der Waals surface area contributed by atoms with Crippen LogP contribution in [0.5, 0.6) is 0 Å². The monoisotopic (exact) mass is 193 g/mol. The van der Waals surface area contributed by atoms with Gasteiger partial charge in [0.2, 0.25) is 0 Å². The van der Waals surface area contributed by atoms with Gasteiger partial charge in [-0.15, -0.1) is 0 Å². The molecule has 0 aromatic heterocycles. The molecule has 0 aromatic carbocycles. The minimum atomic E-state index is -0.335. The van der Waals surface area contributed by atoms with Crippen molar-refractivity contribution in [3.63, 3.8) is 0 Å². The Balaban J connectivity index is 3.03. The Labute approximate surface area is 76.1 Å². The standard InChI is InChI=1S/C6H15N3O2S/c7-3-1-4-12-5-2-6(10)11-9-8/h9H,1-5,7-8H2. The Kier molecular flexibility index (Phi) is 8.57. The van der Waals surface area contributed by atoms with E-state index in [1.165, 1.54) is 0 Å². The fourth-order valence-corrected chi connectivity index (χ4v) is 1.45. The van der Waals surface area contributed by atoms with Gasteiger partial charge in [-0.05, 0) is 18.7 Å². The molecular formula is C6H15N3O2S. The highest BCUT2D eigenvalue weighted by Gasteiger charge is 2.00. The third-order valence-corrected chi connectivity index (χ3v) is 2.19. The first-order valence-corrected chi connectivity index (χ1v) is 4.89. The first-order valence-electron chi connectivity index (χ1n) is 3.74. The summed E-state index contributed by atoms with van der Waals surface area (Å²) < 4.78 is 0. The molecule has 0 atom stereocenters.